The van der Waals surface area contributed by atoms with Gasteiger partial charge >= 0.3 is 0 Å². The number of carbonyl (C=O) groups excluding carboxylic acids is 1. The zero-order valence-corrected chi connectivity index (χ0v) is 12.2. The zero-order chi connectivity index (χ0) is 14.2. The highest BCUT2D eigenvalue weighted by Gasteiger charge is 2.51. The first-order valence-corrected chi connectivity index (χ1v) is 7.39. The molecule has 108 valence electrons. The Balaban J connectivity index is 1.79. The van der Waals surface area contributed by atoms with Crippen LogP contribution in [0.3, 0.4) is 0 Å². The lowest BCUT2D eigenvalue weighted by Crippen LogP contribution is -2.56. The first-order chi connectivity index (χ1) is 9.59. The Kier molecular flexibility index (Phi) is 3.61. The van der Waals surface area contributed by atoms with Gasteiger partial charge in [0.15, 0.2) is 5.72 Å². The van der Waals surface area contributed by atoms with E-state index < -0.39 is 11.8 Å². The molecule has 5 heteroatoms. The largest absolute Gasteiger partial charge is 0.485 e. The van der Waals surface area contributed by atoms with E-state index in [1.807, 2.05) is 12.1 Å². The average molecular weight is 296 g/mol. The van der Waals surface area contributed by atoms with Crippen LogP contribution in [0, 0.1) is 0 Å². The third-order valence-electron chi connectivity index (χ3n) is 3.97. The second-order valence-electron chi connectivity index (χ2n) is 5.45. The molecular formula is C15H18ClNO3. The summed E-state index contributed by atoms with van der Waals surface area (Å²) in [6, 6.07) is 7.27. The minimum Gasteiger partial charge on any atom is -0.485 e. The number of hydrogen-bond donors (Lipinski definition) is 1. The van der Waals surface area contributed by atoms with Crippen LogP contribution >= 0.6 is 11.6 Å². The summed E-state index contributed by atoms with van der Waals surface area (Å²) < 4.78 is 11.9. The molecule has 4 nitrogen and oxygen atoms in total. The summed E-state index contributed by atoms with van der Waals surface area (Å²) in [5, 5.41) is 3.66. The molecule has 2 fully saturated rings. The van der Waals surface area contributed by atoms with Crippen molar-refractivity contribution in [2.24, 2.45) is 0 Å². The van der Waals surface area contributed by atoms with Gasteiger partial charge in [0.25, 0.3) is 5.91 Å². The van der Waals surface area contributed by atoms with Crippen LogP contribution in [0.1, 0.15) is 32.6 Å². The predicted octanol–water partition coefficient (Wildman–Crippen LogP) is 2.89. The number of halogens is 1. The Labute approximate surface area is 123 Å². The van der Waals surface area contributed by atoms with Crippen molar-refractivity contribution < 1.29 is 14.3 Å². The third-order valence-corrected chi connectivity index (χ3v) is 4.22. The van der Waals surface area contributed by atoms with Gasteiger partial charge in [-0.15, -0.1) is 0 Å². The number of carbonyl (C=O) groups is 1. The summed E-state index contributed by atoms with van der Waals surface area (Å²) in [4.78, 5) is 11.8. The molecule has 0 radical (unpaired) electrons. The second-order valence-corrected chi connectivity index (χ2v) is 5.88. The van der Waals surface area contributed by atoms with Crippen LogP contribution in [-0.4, -0.2) is 23.8 Å². The third kappa shape index (κ3) is 2.50. The molecule has 3 unspecified atom stereocenters. The van der Waals surface area contributed by atoms with E-state index in [1.54, 1.807) is 19.1 Å². The highest BCUT2D eigenvalue weighted by Crippen LogP contribution is 2.36. The van der Waals surface area contributed by atoms with Crippen molar-refractivity contribution in [1.29, 1.82) is 0 Å². The van der Waals surface area contributed by atoms with Crippen LogP contribution < -0.4 is 10.1 Å². The van der Waals surface area contributed by atoms with Crippen LogP contribution in [0.15, 0.2) is 24.3 Å². The van der Waals surface area contributed by atoms with Gasteiger partial charge in [0.1, 0.15) is 18.0 Å². The monoisotopic (exact) mass is 295 g/mol. The highest BCUT2D eigenvalue weighted by atomic mass is 35.5. The van der Waals surface area contributed by atoms with Crippen LogP contribution in [-0.2, 0) is 9.53 Å². The van der Waals surface area contributed by atoms with Gasteiger partial charge in [-0.25, -0.2) is 0 Å². The summed E-state index contributed by atoms with van der Waals surface area (Å²) in [5.41, 5.74) is -0.672. The fourth-order valence-electron chi connectivity index (χ4n) is 2.93. The Bertz CT molecular complexity index is 504. The second kappa shape index (κ2) is 5.26. The topological polar surface area (TPSA) is 47.6 Å². The molecule has 1 amide bonds. The first-order valence-electron chi connectivity index (χ1n) is 7.01. The van der Waals surface area contributed by atoms with Gasteiger partial charge in [-0.2, -0.15) is 0 Å². The number of benzene rings is 1. The molecule has 3 rings (SSSR count). The van der Waals surface area contributed by atoms with Gasteiger partial charge in [0, 0.05) is 5.02 Å². The van der Waals surface area contributed by atoms with E-state index in [-0.39, 0.29) is 12.0 Å². The van der Waals surface area contributed by atoms with Gasteiger partial charge in [0.2, 0.25) is 0 Å². The summed E-state index contributed by atoms with van der Waals surface area (Å²) in [6.45, 7) is 1.78. The quantitative estimate of drug-likeness (QED) is 0.912. The first kappa shape index (κ1) is 13.7. The van der Waals surface area contributed by atoms with Gasteiger partial charge in [0.05, 0.1) is 0 Å². The lowest BCUT2D eigenvalue weighted by molar-refractivity contribution is -0.134. The van der Waals surface area contributed by atoms with Crippen molar-refractivity contribution >= 4 is 17.5 Å². The smallest absolute Gasteiger partial charge is 0.251 e. The Morgan fingerprint density at radius 2 is 2.10 bits per heavy atom. The van der Waals surface area contributed by atoms with Crippen molar-refractivity contribution in [3.63, 3.8) is 0 Å². The fourth-order valence-corrected chi connectivity index (χ4v) is 3.06. The van der Waals surface area contributed by atoms with Crippen LogP contribution in [0.5, 0.6) is 5.75 Å². The standard InChI is InChI=1S/C15H18ClNO3/c1-10-14(18)17-15(20-10)9-3-2-4-13(15)19-12-7-5-11(16)6-8-12/h5-8,10,13H,2-4,9H2,1H3,(H,17,18). The molecule has 0 bridgehead atoms. The van der Waals surface area contributed by atoms with Gasteiger partial charge in [-0.1, -0.05) is 11.6 Å². The van der Waals surface area contributed by atoms with E-state index >= 15 is 0 Å². The SMILES string of the molecule is CC1OC2(CCCCC2Oc2ccc(Cl)cc2)NC1=O. The molecule has 3 atom stereocenters. The van der Waals surface area contributed by atoms with Gasteiger partial charge in [-0.05, 0) is 56.9 Å². The molecule has 1 aromatic rings. The summed E-state index contributed by atoms with van der Waals surface area (Å²) in [6.07, 6.45) is 3.20. The molecule has 1 aliphatic carbocycles. The van der Waals surface area contributed by atoms with E-state index in [4.69, 9.17) is 21.1 Å². The normalized spacial score (nSPS) is 33.2. The van der Waals surface area contributed by atoms with E-state index in [2.05, 4.69) is 5.32 Å². The molecule has 1 aromatic carbocycles. The predicted molar refractivity (Wildman–Crippen MR) is 75.8 cm³/mol. The van der Waals surface area contributed by atoms with Gasteiger partial charge < -0.3 is 14.8 Å². The number of nitrogens with one attached hydrogen (secondary N) is 1. The molecule has 2 aliphatic rings. The van der Waals surface area contributed by atoms with E-state index in [0.717, 1.165) is 31.4 Å². The highest BCUT2D eigenvalue weighted by molar-refractivity contribution is 6.30. The number of hydrogen-bond acceptors (Lipinski definition) is 3. The molecule has 1 saturated carbocycles. The Hall–Kier alpha value is -1.26. The van der Waals surface area contributed by atoms with E-state index in [0.29, 0.717) is 5.02 Å². The molecule has 1 heterocycles. The molecular weight excluding hydrogens is 278 g/mol. The van der Waals surface area contributed by atoms with Crippen LogP contribution in [0.25, 0.3) is 0 Å². The van der Waals surface area contributed by atoms with Crippen molar-refractivity contribution in [1.82, 2.24) is 5.32 Å². The fraction of sp³-hybridized carbons (Fsp3) is 0.533. The van der Waals surface area contributed by atoms with E-state index in [9.17, 15) is 4.79 Å². The van der Waals surface area contributed by atoms with Crippen molar-refractivity contribution in [3.8, 4) is 5.75 Å². The summed E-state index contributed by atoms with van der Waals surface area (Å²) in [7, 11) is 0. The Morgan fingerprint density at radius 3 is 2.75 bits per heavy atom. The zero-order valence-electron chi connectivity index (χ0n) is 11.4. The average Bonchev–Trinajstić information content (AvgIpc) is 2.71. The van der Waals surface area contributed by atoms with E-state index in [1.165, 1.54) is 0 Å². The molecule has 1 N–H and O–H groups in total. The Morgan fingerprint density at radius 1 is 1.35 bits per heavy atom. The maximum absolute atomic E-state index is 11.8. The summed E-state index contributed by atoms with van der Waals surface area (Å²) >= 11 is 5.88. The molecule has 1 aliphatic heterocycles. The van der Waals surface area contributed by atoms with Crippen LogP contribution in [0.4, 0.5) is 0 Å². The molecule has 1 saturated heterocycles. The number of amides is 1. The number of rotatable bonds is 2. The maximum atomic E-state index is 11.8. The van der Waals surface area contributed by atoms with Crippen LogP contribution in [0.2, 0.25) is 5.02 Å². The molecule has 0 aromatic heterocycles. The molecule has 20 heavy (non-hydrogen) atoms. The van der Waals surface area contributed by atoms with Crippen molar-refractivity contribution in [2.45, 2.75) is 50.5 Å². The van der Waals surface area contributed by atoms with Gasteiger partial charge in [-0.3, -0.25) is 4.79 Å². The summed E-state index contributed by atoms with van der Waals surface area (Å²) in [5.74, 6) is 0.690. The lowest BCUT2D eigenvalue weighted by Gasteiger charge is -2.39. The van der Waals surface area contributed by atoms with Crippen molar-refractivity contribution in [3.05, 3.63) is 29.3 Å². The maximum Gasteiger partial charge on any atom is 0.251 e. The number of ether oxygens (including phenoxy) is 2. The van der Waals surface area contributed by atoms with Crippen molar-refractivity contribution in [2.75, 3.05) is 0 Å². The lowest BCUT2D eigenvalue weighted by atomic mass is 9.89. The minimum absolute atomic E-state index is 0.0587. The molecule has 1 spiro atoms. The minimum atomic E-state index is -0.672.